The molecule has 0 saturated heterocycles. The molecule has 0 aliphatic heterocycles. The predicted molar refractivity (Wildman–Crippen MR) is 51.0 cm³/mol. The summed E-state index contributed by atoms with van der Waals surface area (Å²) in [6, 6.07) is 0. The van der Waals surface area contributed by atoms with Crippen molar-refractivity contribution in [1.82, 2.24) is 0 Å². The molecule has 0 radical (unpaired) electrons. The summed E-state index contributed by atoms with van der Waals surface area (Å²) in [6.07, 6.45) is 0.526. The number of hydrogen-bond donors (Lipinski definition) is 2. The van der Waals surface area contributed by atoms with Crippen LogP contribution < -0.4 is 0 Å². The maximum atomic E-state index is 10.6. The van der Waals surface area contributed by atoms with Crippen LogP contribution in [0.1, 0.15) is 26.7 Å². The van der Waals surface area contributed by atoms with Crippen LogP contribution in [0, 0.1) is 0 Å². The molecule has 0 aromatic heterocycles. The lowest BCUT2D eigenvalue weighted by Crippen LogP contribution is -2.19. The molecule has 76 valence electrons. The van der Waals surface area contributed by atoms with E-state index in [1.807, 2.05) is 0 Å². The van der Waals surface area contributed by atoms with Gasteiger partial charge in [-0.05, 0) is 6.42 Å². The molecule has 0 aliphatic rings. The maximum absolute atomic E-state index is 10.6. The van der Waals surface area contributed by atoms with Crippen molar-refractivity contribution in [3.63, 3.8) is 0 Å². The van der Waals surface area contributed by atoms with Crippen LogP contribution in [-0.4, -0.2) is 32.7 Å². The van der Waals surface area contributed by atoms with Gasteiger partial charge in [-0.1, -0.05) is 13.8 Å². The van der Waals surface area contributed by atoms with Crippen LogP contribution in [0.4, 0.5) is 0 Å². The predicted octanol–water partition coefficient (Wildman–Crippen LogP) is 1.45. The van der Waals surface area contributed by atoms with Crippen LogP contribution in [0.5, 0.6) is 0 Å². The van der Waals surface area contributed by atoms with E-state index in [0.717, 1.165) is 0 Å². The molecule has 0 heterocycles. The summed E-state index contributed by atoms with van der Waals surface area (Å²) in [4.78, 5) is 20.9. The summed E-state index contributed by atoms with van der Waals surface area (Å²) in [5, 5.41) is 16.5. The van der Waals surface area contributed by atoms with Crippen LogP contribution >= 0.6 is 11.8 Å². The van der Waals surface area contributed by atoms with E-state index in [9.17, 15) is 9.59 Å². The minimum absolute atomic E-state index is 0.00838. The first kappa shape index (κ1) is 12.3. The monoisotopic (exact) mass is 206 g/mol. The molecule has 0 spiro atoms. The van der Waals surface area contributed by atoms with E-state index in [-0.39, 0.29) is 11.7 Å². The largest absolute Gasteiger partial charge is 0.481 e. The molecule has 2 N–H and O–H groups in total. The van der Waals surface area contributed by atoms with E-state index < -0.39 is 17.2 Å². The molecule has 0 bridgehead atoms. The van der Waals surface area contributed by atoms with Crippen molar-refractivity contribution in [3.8, 4) is 0 Å². The van der Waals surface area contributed by atoms with Gasteiger partial charge in [0.15, 0.2) is 0 Å². The molecule has 5 heteroatoms. The zero-order valence-electron chi connectivity index (χ0n) is 7.69. The normalized spacial score (nSPS) is 14.9. The number of hydrogen-bond acceptors (Lipinski definition) is 3. The third-order valence-corrected chi connectivity index (χ3v) is 3.00. The lowest BCUT2D eigenvalue weighted by molar-refractivity contribution is -0.138. The fourth-order valence-electron chi connectivity index (χ4n) is 0.903. The van der Waals surface area contributed by atoms with Crippen LogP contribution in [0.15, 0.2) is 0 Å². The molecule has 0 aliphatic carbocycles. The van der Waals surface area contributed by atoms with E-state index in [1.165, 1.54) is 11.8 Å². The van der Waals surface area contributed by atoms with Gasteiger partial charge in [-0.3, -0.25) is 9.59 Å². The molecular formula is C8H14O4S. The fourth-order valence-corrected chi connectivity index (χ4v) is 2.01. The Kier molecular flexibility index (Phi) is 5.53. The number of rotatable bonds is 6. The molecule has 0 aromatic rings. The van der Waals surface area contributed by atoms with Crippen LogP contribution in [0.25, 0.3) is 0 Å². The second kappa shape index (κ2) is 5.85. The van der Waals surface area contributed by atoms with Gasteiger partial charge < -0.3 is 10.2 Å². The SMILES string of the molecule is CCC(SC(C)CC(=O)O)C(=O)O. The van der Waals surface area contributed by atoms with E-state index in [1.54, 1.807) is 13.8 Å². The first-order valence-electron chi connectivity index (χ1n) is 4.07. The topological polar surface area (TPSA) is 74.6 Å². The van der Waals surface area contributed by atoms with Crippen molar-refractivity contribution in [2.24, 2.45) is 0 Å². The summed E-state index contributed by atoms with van der Waals surface area (Å²) in [5.41, 5.74) is 0. The summed E-state index contributed by atoms with van der Waals surface area (Å²) in [6.45, 7) is 3.50. The lowest BCUT2D eigenvalue weighted by atomic mass is 10.3. The van der Waals surface area contributed by atoms with Gasteiger partial charge in [-0.2, -0.15) is 0 Å². The van der Waals surface area contributed by atoms with E-state index in [4.69, 9.17) is 10.2 Å². The highest BCUT2D eigenvalue weighted by Gasteiger charge is 2.20. The molecular weight excluding hydrogens is 192 g/mol. The number of carboxylic acids is 2. The Bertz CT molecular complexity index is 193. The zero-order chi connectivity index (χ0) is 10.4. The van der Waals surface area contributed by atoms with Crippen molar-refractivity contribution < 1.29 is 19.8 Å². The molecule has 0 aromatic carbocycles. The molecule has 0 rings (SSSR count). The van der Waals surface area contributed by atoms with E-state index >= 15 is 0 Å². The maximum Gasteiger partial charge on any atom is 0.316 e. The Morgan fingerprint density at radius 1 is 1.38 bits per heavy atom. The minimum atomic E-state index is -0.889. The van der Waals surface area contributed by atoms with Gasteiger partial charge in [0, 0.05) is 5.25 Å². The third-order valence-electron chi connectivity index (χ3n) is 1.50. The molecule has 0 amide bonds. The highest BCUT2D eigenvalue weighted by molar-refractivity contribution is 8.01. The molecule has 13 heavy (non-hydrogen) atoms. The highest BCUT2D eigenvalue weighted by Crippen LogP contribution is 2.22. The average Bonchev–Trinajstić information content (AvgIpc) is 1.98. The van der Waals surface area contributed by atoms with Gasteiger partial charge in [0.2, 0.25) is 0 Å². The van der Waals surface area contributed by atoms with Crippen LogP contribution in [-0.2, 0) is 9.59 Å². The minimum Gasteiger partial charge on any atom is -0.481 e. The summed E-state index contributed by atoms with van der Waals surface area (Å²) in [5.74, 6) is -1.76. The van der Waals surface area contributed by atoms with Crippen LogP contribution in [0.2, 0.25) is 0 Å². The Morgan fingerprint density at radius 2 is 1.92 bits per heavy atom. The standard InChI is InChI=1S/C8H14O4S/c1-3-6(8(11)12)13-5(2)4-7(9)10/h5-6H,3-4H2,1-2H3,(H,9,10)(H,11,12). The van der Waals surface area contributed by atoms with Gasteiger partial charge in [-0.15, -0.1) is 11.8 Å². The average molecular weight is 206 g/mol. The van der Waals surface area contributed by atoms with Crippen molar-refractivity contribution in [2.75, 3.05) is 0 Å². The van der Waals surface area contributed by atoms with Crippen molar-refractivity contribution in [1.29, 1.82) is 0 Å². The van der Waals surface area contributed by atoms with Crippen molar-refractivity contribution >= 4 is 23.7 Å². The molecule has 0 saturated carbocycles. The second-order valence-electron chi connectivity index (χ2n) is 2.78. The van der Waals surface area contributed by atoms with Crippen molar-refractivity contribution in [2.45, 2.75) is 37.2 Å². The number of carboxylic acid groups (broad SMARTS) is 2. The number of thioether (sulfide) groups is 1. The van der Waals surface area contributed by atoms with Gasteiger partial charge in [-0.25, -0.2) is 0 Å². The smallest absolute Gasteiger partial charge is 0.316 e. The zero-order valence-corrected chi connectivity index (χ0v) is 8.50. The molecule has 4 nitrogen and oxygen atoms in total. The van der Waals surface area contributed by atoms with Gasteiger partial charge >= 0.3 is 11.9 Å². The van der Waals surface area contributed by atoms with Gasteiger partial charge in [0.05, 0.1) is 6.42 Å². The Labute approximate surface area is 81.3 Å². The van der Waals surface area contributed by atoms with Crippen LogP contribution in [0.3, 0.4) is 0 Å². The summed E-state index contributed by atoms with van der Waals surface area (Å²) >= 11 is 1.20. The van der Waals surface area contributed by atoms with Gasteiger partial charge in [0.25, 0.3) is 0 Å². The Balaban J connectivity index is 3.93. The Morgan fingerprint density at radius 3 is 2.23 bits per heavy atom. The first-order chi connectivity index (χ1) is 5.97. The number of aliphatic carboxylic acids is 2. The summed E-state index contributed by atoms with van der Waals surface area (Å²) < 4.78 is 0. The fraction of sp³-hybridized carbons (Fsp3) is 0.750. The lowest BCUT2D eigenvalue weighted by Gasteiger charge is -2.13. The summed E-state index contributed by atoms with van der Waals surface area (Å²) in [7, 11) is 0. The highest BCUT2D eigenvalue weighted by atomic mass is 32.2. The van der Waals surface area contributed by atoms with Gasteiger partial charge in [0.1, 0.15) is 5.25 Å². The number of carbonyl (C=O) groups is 2. The second-order valence-corrected chi connectivity index (χ2v) is 4.43. The van der Waals surface area contributed by atoms with E-state index in [2.05, 4.69) is 0 Å². The third kappa shape index (κ3) is 5.52. The quantitative estimate of drug-likeness (QED) is 0.688. The first-order valence-corrected chi connectivity index (χ1v) is 5.01. The van der Waals surface area contributed by atoms with E-state index in [0.29, 0.717) is 6.42 Å². The molecule has 2 unspecified atom stereocenters. The van der Waals surface area contributed by atoms with Crippen molar-refractivity contribution in [3.05, 3.63) is 0 Å². The Hall–Kier alpha value is -0.710. The molecule has 0 fully saturated rings. The molecule has 2 atom stereocenters.